The van der Waals surface area contributed by atoms with Crippen molar-refractivity contribution in [3.63, 3.8) is 0 Å². The van der Waals surface area contributed by atoms with E-state index in [1.54, 1.807) is 12.1 Å². The number of aromatic nitrogens is 1. The maximum absolute atomic E-state index is 14.0. The summed E-state index contributed by atoms with van der Waals surface area (Å²) in [6.45, 7) is 4.82. The van der Waals surface area contributed by atoms with E-state index in [9.17, 15) is 4.39 Å². The van der Waals surface area contributed by atoms with Crippen LogP contribution in [0.2, 0.25) is 5.02 Å². The lowest BCUT2D eigenvalue weighted by Crippen LogP contribution is -2.17. The first-order chi connectivity index (χ1) is 9.60. The molecule has 0 aliphatic heterocycles. The van der Waals surface area contributed by atoms with E-state index < -0.39 is 5.82 Å². The van der Waals surface area contributed by atoms with Crippen LogP contribution in [0.3, 0.4) is 0 Å². The number of nitrogens with zero attached hydrogens (tertiary/aromatic N) is 1. The third-order valence-electron chi connectivity index (χ3n) is 2.87. The van der Waals surface area contributed by atoms with Crippen LogP contribution in [0.1, 0.15) is 25.5 Å². The Kier molecular flexibility index (Phi) is 4.93. The maximum atomic E-state index is 14.0. The molecule has 0 spiro atoms. The first-order valence-electron chi connectivity index (χ1n) is 6.41. The van der Waals surface area contributed by atoms with Gasteiger partial charge in [0.05, 0.1) is 11.2 Å². The number of rotatable bonds is 5. The van der Waals surface area contributed by atoms with Gasteiger partial charge in [0.25, 0.3) is 0 Å². The highest BCUT2D eigenvalue weighted by Gasteiger charge is 2.10. The normalized spacial score (nSPS) is 12.2. The zero-order valence-electron chi connectivity index (χ0n) is 11.4. The highest BCUT2D eigenvalue weighted by molar-refractivity contribution is 6.30. The molecule has 5 heteroatoms. The largest absolute Gasteiger partial charge is 0.453 e. The average Bonchev–Trinajstić information content (AvgIpc) is 2.41. The smallest absolute Gasteiger partial charge is 0.166 e. The average molecular weight is 295 g/mol. The van der Waals surface area contributed by atoms with Gasteiger partial charge in [0, 0.05) is 18.3 Å². The van der Waals surface area contributed by atoms with Gasteiger partial charge in [0.15, 0.2) is 11.6 Å². The predicted octanol–water partition coefficient (Wildman–Crippen LogP) is 4.34. The minimum atomic E-state index is -0.410. The molecule has 0 bridgehead atoms. The number of hydrogen-bond acceptors (Lipinski definition) is 3. The summed E-state index contributed by atoms with van der Waals surface area (Å²) in [6, 6.07) is 6.60. The minimum Gasteiger partial charge on any atom is -0.453 e. The molecule has 1 unspecified atom stereocenters. The van der Waals surface area contributed by atoms with Crippen LogP contribution in [0.5, 0.6) is 11.5 Å². The van der Waals surface area contributed by atoms with Gasteiger partial charge in [0.1, 0.15) is 5.75 Å². The molecule has 0 aliphatic carbocycles. The molecule has 1 N–H and O–H groups in total. The summed E-state index contributed by atoms with van der Waals surface area (Å²) in [5, 5.41) is 3.68. The van der Waals surface area contributed by atoms with Crippen LogP contribution in [-0.4, -0.2) is 11.5 Å². The summed E-state index contributed by atoms with van der Waals surface area (Å²) >= 11 is 5.81. The monoisotopic (exact) mass is 294 g/mol. The van der Waals surface area contributed by atoms with Crippen molar-refractivity contribution in [1.29, 1.82) is 0 Å². The summed E-state index contributed by atoms with van der Waals surface area (Å²) in [6.07, 6.45) is 2.98. The summed E-state index contributed by atoms with van der Waals surface area (Å²) in [5.41, 5.74) is 0.876. The van der Waals surface area contributed by atoms with Crippen LogP contribution in [0.4, 0.5) is 4.39 Å². The molecule has 2 aromatic rings. The highest BCUT2D eigenvalue weighted by atomic mass is 35.5. The molecule has 0 saturated carbocycles. The predicted molar refractivity (Wildman–Crippen MR) is 77.8 cm³/mol. The van der Waals surface area contributed by atoms with Gasteiger partial charge in [0.2, 0.25) is 0 Å². The molecule has 1 atom stereocenters. The van der Waals surface area contributed by atoms with Crippen molar-refractivity contribution in [3.05, 3.63) is 53.1 Å². The lowest BCUT2D eigenvalue weighted by molar-refractivity contribution is 0.439. The number of benzene rings is 1. The van der Waals surface area contributed by atoms with Gasteiger partial charge in [-0.2, -0.15) is 0 Å². The Labute approximate surface area is 122 Å². The van der Waals surface area contributed by atoms with E-state index in [1.807, 2.05) is 19.9 Å². The van der Waals surface area contributed by atoms with E-state index in [4.69, 9.17) is 16.3 Å². The van der Waals surface area contributed by atoms with Crippen LogP contribution in [0.15, 0.2) is 36.7 Å². The molecular weight excluding hydrogens is 279 g/mol. The second kappa shape index (κ2) is 6.68. The third kappa shape index (κ3) is 3.68. The molecule has 3 nitrogen and oxygen atoms in total. The Hall–Kier alpha value is -1.65. The van der Waals surface area contributed by atoms with E-state index in [-0.39, 0.29) is 11.8 Å². The molecule has 1 heterocycles. The fourth-order valence-corrected chi connectivity index (χ4v) is 2.03. The van der Waals surface area contributed by atoms with Crippen molar-refractivity contribution in [2.45, 2.75) is 19.9 Å². The van der Waals surface area contributed by atoms with Crippen LogP contribution in [0.25, 0.3) is 0 Å². The van der Waals surface area contributed by atoms with Crippen molar-refractivity contribution in [3.8, 4) is 11.5 Å². The number of hydrogen-bond donors (Lipinski definition) is 1. The Morgan fingerprint density at radius 1 is 1.35 bits per heavy atom. The number of pyridine rings is 1. The second-order valence-electron chi connectivity index (χ2n) is 4.41. The standard InChI is InChI=1S/C15H16ClFN2O/c1-3-19-10(2)11-4-5-15(14(17)6-11)20-13-7-12(16)8-18-9-13/h4-10,19H,3H2,1-2H3. The van der Waals surface area contributed by atoms with Gasteiger partial charge in [-0.25, -0.2) is 4.39 Å². The van der Waals surface area contributed by atoms with Crippen LogP contribution in [0, 0.1) is 5.82 Å². The highest BCUT2D eigenvalue weighted by Crippen LogP contribution is 2.27. The van der Waals surface area contributed by atoms with Crippen molar-refractivity contribution >= 4 is 11.6 Å². The molecule has 0 fully saturated rings. The Morgan fingerprint density at radius 3 is 2.80 bits per heavy atom. The van der Waals surface area contributed by atoms with E-state index in [0.29, 0.717) is 10.8 Å². The van der Waals surface area contributed by atoms with Gasteiger partial charge in [-0.3, -0.25) is 4.98 Å². The zero-order valence-corrected chi connectivity index (χ0v) is 12.1. The number of ether oxygens (including phenoxy) is 1. The maximum Gasteiger partial charge on any atom is 0.166 e. The van der Waals surface area contributed by atoms with Crippen molar-refractivity contribution in [2.24, 2.45) is 0 Å². The van der Waals surface area contributed by atoms with Gasteiger partial charge in [-0.1, -0.05) is 24.6 Å². The first kappa shape index (κ1) is 14.8. The SMILES string of the molecule is CCNC(C)c1ccc(Oc2cncc(Cl)c2)c(F)c1. The summed E-state index contributed by atoms with van der Waals surface area (Å²) < 4.78 is 19.5. The zero-order chi connectivity index (χ0) is 14.5. The molecule has 1 aromatic carbocycles. The van der Waals surface area contributed by atoms with Crippen molar-refractivity contribution < 1.29 is 9.13 Å². The molecule has 0 amide bonds. The molecule has 2 rings (SSSR count). The van der Waals surface area contributed by atoms with Crippen LogP contribution < -0.4 is 10.1 Å². The topological polar surface area (TPSA) is 34.1 Å². The molecule has 0 radical (unpaired) electrons. The summed E-state index contributed by atoms with van der Waals surface area (Å²) in [7, 11) is 0. The molecule has 1 aromatic heterocycles. The van der Waals surface area contributed by atoms with Gasteiger partial charge in [-0.15, -0.1) is 0 Å². The molecule has 0 aliphatic rings. The molecule has 20 heavy (non-hydrogen) atoms. The Balaban J connectivity index is 2.17. The minimum absolute atomic E-state index is 0.0939. The van der Waals surface area contributed by atoms with Gasteiger partial charge < -0.3 is 10.1 Å². The van der Waals surface area contributed by atoms with E-state index in [1.165, 1.54) is 18.5 Å². The van der Waals surface area contributed by atoms with Crippen LogP contribution >= 0.6 is 11.6 Å². The summed E-state index contributed by atoms with van der Waals surface area (Å²) in [5.74, 6) is 0.151. The fourth-order valence-electron chi connectivity index (χ4n) is 1.87. The number of halogens is 2. The quantitative estimate of drug-likeness (QED) is 0.891. The Bertz CT molecular complexity index is 592. The van der Waals surface area contributed by atoms with Gasteiger partial charge in [-0.05, 0) is 31.2 Å². The lowest BCUT2D eigenvalue weighted by Gasteiger charge is -2.14. The molecular formula is C15H16ClFN2O. The number of nitrogens with one attached hydrogen (secondary N) is 1. The van der Waals surface area contributed by atoms with Crippen molar-refractivity contribution in [1.82, 2.24) is 10.3 Å². The van der Waals surface area contributed by atoms with E-state index in [0.717, 1.165) is 12.1 Å². The van der Waals surface area contributed by atoms with Crippen LogP contribution in [-0.2, 0) is 0 Å². The van der Waals surface area contributed by atoms with Crippen molar-refractivity contribution in [2.75, 3.05) is 6.54 Å². The molecule has 0 saturated heterocycles. The van der Waals surface area contributed by atoms with E-state index in [2.05, 4.69) is 10.3 Å². The fraction of sp³-hybridized carbons (Fsp3) is 0.267. The lowest BCUT2D eigenvalue weighted by atomic mass is 10.1. The third-order valence-corrected chi connectivity index (χ3v) is 3.08. The second-order valence-corrected chi connectivity index (χ2v) is 4.85. The summed E-state index contributed by atoms with van der Waals surface area (Å²) in [4.78, 5) is 3.89. The van der Waals surface area contributed by atoms with Gasteiger partial charge >= 0.3 is 0 Å². The molecule has 106 valence electrons. The first-order valence-corrected chi connectivity index (χ1v) is 6.79. The van der Waals surface area contributed by atoms with E-state index >= 15 is 0 Å². The Morgan fingerprint density at radius 2 is 2.15 bits per heavy atom.